The Labute approximate surface area is 309 Å². The summed E-state index contributed by atoms with van der Waals surface area (Å²) in [6.07, 6.45) is 2.42. The Balaban J connectivity index is 0.989. The zero-order valence-corrected chi connectivity index (χ0v) is 30.1. The van der Waals surface area contributed by atoms with E-state index in [1.165, 1.54) is 29.5 Å². The van der Waals surface area contributed by atoms with Gasteiger partial charge in [-0.2, -0.15) is 0 Å². The molecule has 2 fully saturated rings. The molecule has 8 rings (SSSR count). The fourth-order valence-corrected chi connectivity index (χ4v) is 8.59. The van der Waals surface area contributed by atoms with Crippen LogP contribution in [0.25, 0.3) is 10.4 Å². The molecule has 5 heterocycles. The van der Waals surface area contributed by atoms with E-state index in [1.807, 2.05) is 13.0 Å². The lowest BCUT2D eigenvalue weighted by atomic mass is 9.73. The van der Waals surface area contributed by atoms with Gasteiger partial charge < -0.3 is 25.2 Å². The average molecular weight is 734 g/mol. The first kappa shape index (κ1) is 34.6. The molecule has 1 spiro atoms. The van der Waals surface area contributed by atoms with Crippen LogP contribution in [0.2, 0.25) is 0 Å². The van der Waals surface area contributed by atoms with Crippen LogP contribution in [0.5, 0.6) is 0 Å². The summed E-state index contributed by atoms with van der Waals surface area (Å²) >= 11 is 1.22. The number of nitrogens with one attached hydrogen (secondary N) is 2. The highest BCUT2D eigenvalue weighted by molar-refractivity contribution is 7.17. The summed E-state index contributed by atoms with van der Waals surface area (Å²) in [5.41, 5.74) is 4.98. The van der Waals surface area contributed by atoms with Gasteiger partial charge in [-0.05, 0) is 111 Å². The van der Waals surface area contributed by atoms with Crippen molar-refractivity contribution >= 4 is 51.9 Å². The third-order valence-corrected chi connectivity index (χ3v) is 11.6. The largest absolute Gasteiger partial charge is 0.381 e. The summed E-state index contributed by atoms with van der Waals surface area (Å²) in [6, 6.07) is 20.9. The van der Waals surface area contributed by atoms with Crippen LogP contribution >= 0.6 is 11.3 Å². The van der Waals surface area contributed by atoms with Gasteiger partial charge >= 0.3 is 0 Å². The average Bonchev–Trinajstić information content (AvgIpc) is 3.50. The van der Waals surface area contributed by atoms with E-state index in [2.05, 4.69) is 15.5 Å². The van der Waals surface area contributed by atoms with Gasteiger partial charge in [0.2, 0.25) is 0 Å². The summed E-state index contributed by atoms with van der Waals surface area (Å²) in [5.74, 6) is -1.43. The van der Waals surface area contributed by atoms with Gasteiger partial charge in [-0.1, -0.05) is 12.1 Å². The normalized spacial score (nSPS) is 15.9. The zero-order valence-electron chi connectivity index (χ0n) is 29.3. The predicted octanol–water partition coefficient (Wildman–Crippen LogP) is 8.03. The summed E-state index contributed by atoms with van der Waals surface area (Å²) in [7, 11) is 0. The quantitative estimate of drug-likeness (QED) is 0.183. The van der Waals surface area contributed by atoms with Gasteiger partial charge in [0.25, 0.3) is 17.7 Å². The molecular weight excluding hydrogens is 697 g/mol. The van der Waals surface area contributed by atoms with Crippen molar-refractivity contribution in [2.45, 2.75) is 33.1 Å². The molecule has 3 amide bonds. The van der Waals surface area contributed by atoms with E-state index in [4.69, 9.17) is 9.72 Å². The zero-order chi connectivity index (χ0) is 36.9. The number of amides is 3. The second-order valence-electron chi connectivity index (χ2n) is 14.0. The summed E-state index contributed by atoms with van der Waals surface area (Å²) in [4.78, 5) is 50.4. The number of thiophene rings is 1. The third kappa shape index (κ3) is 6.68. The molecule has 0 radical (unpaired) electrons. The molecule has 270 valence electrons. The van der Waals surface area contributed by atoms with E-state index in [-0.39, 0.29) is 29.5 Å². The SMILES string of the molecule is Cc1ccc(C(=O)Nc2ccc(C(=O)N3CCc4cc(C(=O)Nc5c(C)cccc5F)sc4-c4ccc(F)cc43)cc2)c(N2CC3(CCOCC3)C2)n1. The van der Waals surface area contributed by atoms with Gasteiger partial charge in [0.05, 0.1) is 21.8 Å². The number of pyridine rings is 1. The van der Waals surface area contributed by atoms with Crippen molar-refractivity contribution in [3.05, 3.63) is 123 Å². The molecule has 2 aromatic heterocycles. The molecular formula is C41H37F2N5O4S. The number of hydrogen-bond acceptors (Lipinski definition) is 7. The van der Waals surface area contributed by atoms with Gasteiger partial charge in [-0.25, -0.2) is 13.8 Å². The lowest BCUT2D eigenvalue weighted by Gasteiger charge is -2.53. The Morgan fingerprint density at radius 3 is 2.42 bits per heavy atom. The predicted molar refractivity (Wildman–Crippen MR) is 202 cm³/mol. The highest BCUT2D eigenvalue weighted by Gasteiger charge is 2.45. The van der Waals surface area contributed by atoms with Crippen LogP contribution in [-0.2, 0) is 11.2 Å². The fourth-order valence-electron chi connectivity index (χ4n) is 7.45. The number of nitrogens with zero attached hydrogens (tertiary/aromatic N) is 3. The minimum absolute atomic E-state index is 0.123. The van der Waals surface area contributed by atoms with E-state index >= 15 is 0 Å². The third-order valence-electron chi connectivity index (χ3n) is 10.4. The van der Waals surface area contributed by atoms with E-state index < -0.39 is 17.5 Å². The number of rotatable bonds is 6. The van der Waals surface area contributed by atoms with Gasteiger partial charge in [-0.3, -0.25) is 14.4 Å². The molecule has 0 saturated carbocycles. The van der Waals surface area contributed by atoms with Crippen molar-refractivity contribution < 1.29 is 27.9 Å². The van der Waals surface area contributed by atoms with Crippen LogP contribution in [-0.4, -0.2) is 55.6 Å². The van der Waals surface area contributed by atoms with Crippen molar-refractivity contribution in [3.63, 3.8) is 0 Å². The lowest BCUT2D eigenvalue weighted by molar-refractivity contribution is -0.000519. The Hall–Kier alpha value is -5.46. The van der Waals surface area contributed by atoms with Crippen molar-refractivity contribution in [1.29, 1.82) is 0 Å². The molecule has 2 N–H and O–H groups in total. The number of aryl methyl sites for hydroxylation is 2. The molecule has 0 unspecified atom stereocenters. The Morgan fingerprint density at radius 2 is 1.66 bits per heavy atom. The first-order valence-corrected chi connectivity index (χ1v) is 18.4. The second-order valence-corrected chi connectivity index (χ2v) is 15.1. The maximum Gasteiger partial charge on any atom is 0.265 e. The van der Waals surface area contributed by atoms with Crippen LogP contribution in [0.15, 0.2) is 78.9 Å². The molecule has 9 nitrogen and oxygen atoms in total. The van der Waals surface area contributed by atoms with Crippen molar-refractivity contribution in [2.75, 3.05) is 53.3 Å². The van der Waals surface area contributed by atoms with Gasteiger partial charge in [0.1, 0.15) is 17.5 Å². The maximum absolute atomic E-state index is 14.7. The number of anilines is 4. The maximum atomic E-state index is 14.7. The second kappa shape index (κ2) is 13.8. The van der Waals surface area contributed by atoms with Crippen LogP contribution < -0.4 is 20.4 Å². The molecule has 0 atom stereocenters. The number of ether oxygens (including phenoxy) is 1. The van der Waals surface area contributed by atoms with Gasteiger partial charge in [0, 0.05) is 65.6 Å². The number of carbonyl (C=O) groups excluding carboxylic acids is 3. The molecule has 2 saturated heterocycles. The molecule has 0 bridgehead atoms. The first-order valence-electron chi connectivity index (χ1n) is 17.6. The number of fused-ring (bicyclic) bond motifs is 3. The molecule has 5 aromatic rings. The molecule has 12 heteroatoms. The molecule has 0 aliphatic carbocycles. The smallest absolute Gasteiger partial charge is 0.265 e. The fraction of sp³-hybridized carbons (Fsp3) is 0.268. The number of halogens is 2. The summed E-state index contributed by atoms with van der Waals surface area (Å²) < 4.78 is 34.8. The number of para-hydroxylation sites is 1. The molecule has 53 heavy (non-hydrogen) atoms. The monoisotopic (exact) mass is 733 g/mol. The Bertz CT molecular complexity index is 2240. The molecule has 3 aliphatic heterocycles. The number of aromatic nitrogens is 1. The van der Waals surface area contributed by atoms with Crippen LogP contribution in [0.3, 0.4) is 0 Å². The highest BCUT2D eigenvalue weighted by Crippen LogP contribution is 2.44. The van der Waals surface area contributed by atoms with Crippen LogP contribution in [0.4, 0.5) is 31.7 Å². The van der Waals surface area contributed by atoms with Gasteiger partial charge in [0.15, 0.2) is 0 Å². The summed E-state index contributed by atoms with van der Waals surface area (Å²) in [5, 5.41) is 5.65. The Kier molecular flexibility index (Phi) is 9.03. The molecule has 3 aromatic carbocycles. The topological polar surface area (TPSA) is 104 Å². The summed E-state index contributed by atoms with van der Waals surface area (Å²) in [6.45, 7) is 7.07. The number of carbonyl (C=O) groups is 3. The minimum atomic E-state index is -0.523. The van der Waals surface area contributed by atoms with E-state index in [1.54, 1.807) is 66.4 Å². The first-order chi connectivity index (χ1) is 25.6. The highest BCUT2D eigenvalue weighted by atomic mass is 32.1. The van der Waals surface area contributed by atoms with E-state index in [0.717, 1.165) is 55.3 Å². The van der Waals surface area contributed by atoms with Crippen molar-refractivity contribution in [2.24, 2.45) is 5.41 Å². The van der Waals surface area contributed by atoms with Crippen LogP contribution in [0, 0.1) is 30.9 Å². The van der Waals surface area contributed by atoms with Crippen molar-refractivity contribution in [3.8, 4) is 10.4 Å². The van der Waals surface area contributed by atoms with Gasteiger partial charge in [-0.15, -0.1) is 11.3 Å². The number of hydrogen-bond donors (Lipinski definition) is 2. The minimum Gasteiger partial charge on any atom is -0.381 e. The van der Waals surface area contributed by atoms with E-state index in [9.17, 15) is 23.2 Å². The lowest BCUT2D eigenvalue weighted by Crippen LogP contribution is -2.59. The van der Waals surface area contributed by atoms with Crippen LogP contribution in [0.1, 0.15) is 60.1 Å². The Morgan fingerprint density at radius 1 is 0.887 bits per heavy atom. The standard InChI is InChI=1S/C41H37F2N5O4S/c1-24-4-3-5-32(43)35(24)46-39(50)34-20-27-14-17-48(33-21-28(42)9-13-30(33)36(27)53-34)40(51)26-7-10-29(11-8-26)45-38(49)31-12-6-25(2)44-37(31)47-22-41(23-47)15-18-52-19-16-41/h3-13,20-21H,14-19,22-23H2,1-2H3,(H,45,49)(H,46,50). The number of benzene rings is 3. The molecule has 3 aliphatic rings. The van der Waals surface area contributed by atoms with E-state index in [0.29, 0.717) is 50.7 Å². The van der Waals surface area contributed by atoms with Crippen molar-refractivity contribution in [1.82, 2.24) is 4.98 Å².